The minimum atomic E-state index is -0.168. The van der Waals surface area contributed by atoms with E-state index >= 15 is 0 Å². The number of hydrogen-bond donors (Lipinski definition) is 2. The highest BCUT2D eigenvalue weighted by Gasteiger charge is 2.33. The molecule has 1 atom stereocenters. The zero-order valence-corrected chi connectivity index (χ0v) is 19.1. The van der Waals surface area contributed by atoms with Crippen molar-refractivity contribution in [3.05, 3.63) is 29.3 Å². The van der Waals surface area contributed by atoms with Gasteiger partial charge in [0.15, 0.2) is 5.96 Å². The van der Waals surface area contributed by atoms with E-state index < -0.39 is 0 Å². The van der Waals surface area contributed by atoms with Gasteiger partial charge in [0, 0.05) is 76.6 Å². The Bertz CT molecular complexity index is 625. The van der Waals surface area contributed by atoms with Gasteiger partial charge in [-0.2, -0.15) is 0 Å². The maximum Gasteiger partial charge on any atom is 0.191 e. The number of rotatable bonds is 5. The molecule has 2 aliphatic rings. The van der Waals surface area contributed by atoms with Gasteiger partial charge in [0.2, 0.25) is 0 Å². The van der Waals surface area contributed by atoms with E-state index in [0.717, 1.165) is 63.1 Å². The molecule has 0 spiro atoms. The van der Waals surface area contributed by atoms with Crippen LogP contribution in [0.1, 0.15) is 19.3 Å². The van der Waals surface area contributed by atoms with Crippen LogP contribution in [0.2, 0.25) is 5.02 Å². The largest absolute Gasteiger partial charge is 0.381 e. The van der Waals surface area contributed by atoms with Crippen LogP contribution in [0.5, 0.6) is 0 Å². The molecule has 0 amide bonds. The summed E-state index contributed by atoms with van der Waals surface area (Å²) in [7, 11) is 3.59. The van der Waals surface area contributed by atoms with E-state index in [4.69, 9.17) is 21.1 Å². The van der Waals surface area contributed by atoms with Crippen molar-refractivity contribution in [1.29, 1.82) is 0 Å². The zero-order valence-electron chi connectivity index (χ0n) is 16.0. The van der Waals surface area contributed by atoms with Gasteiger partial charge in [-0.3, -0.25) is 4.99 Å². The lowest BCUT2D eigenvalue weighted by Gasteiger charge is -2.36. The Balaban J connectivity index is 0.00000261. The first-order valence-corrected chi connectivity index (χ1v) is 9.62. The van der Waals surface area contributed by atoms with Crippen molar-refractivity contribution in [2.45, 2.75) is 30.9 Å². The monoisotopic (exact) mass is 508 g/mol. The Morgan fingerprint density at radius 1 is 1.41 bits per heavy atom. The molecule has 1 unspecified atom stereocenters. The maximum atomic E-state index is 6.12. The van der Waals surface area contributed by atoms with E-state index in [2.05, 4.69) is 26.6 Å². The number of benzene rings is 1. The predicted octanol–water partition coefficient (Wildman–Crippen LogP) is 2.90. The molecule has 0 aromatic heterocycles. The molecule has 152 valence electrons. The van der Waals surface area contributed by atoms with Gasteiger partial charge < -0.3 is 25.0 Å². The zero-order chi connectivity index (χ0) is 18.4. The third-order valence-electron chi connectivity index (χ3n) is 5.34. The second-order valence-electron chi connectivity index (χ2n) is 6.98. The molecule has 0 saturated carbocycles. The molecule has 0 bridgehead atoms. The number of nitrogens with zero attached hydrogens (tertiary/aromatic N) is 2. The van der Waals surface area contributed by atoms with Crippen LogP contribution in [0.25, 0.3) is 0 Å². The lowest BCUT2D eigenvalue weighted by atomic mass is 9.94. The molecule has 2 saturated heterocycles. The molecule has 27 heavy (non-hydrogen) atoms. The number of nitrogens with one attached hydrogen (secondary N) is 2. The molecule has 8 heteroatoms. The molecule has 2 N–H and O–H groups in total. The van der Waals surface area contributed by atoms with Crippen LogP contribution in [-0.4, -0.2) is 64.6 Å². The summed E-state index contributed by atoms with van der Waals surface area (Å²) in [6.07, 6.45) is 2.87. The molecule has 1 aromatic carbocycles. The van der Waals surface area contributed by atoms with Crippen molar-refractivity contribution in [3.63, 3.8) is 0 Å². The number of anilines is 1. The standard InChI is InChI=1S/C19H29ClN4O2.HI/c1-21-18(22-14-19(25-2)7-10-26-11-8-19)23-16-6-9-24(13-16)17-5-3-4-15(20)12-17;/h3-5,12,16H,6-11,13-14H2,1-2H3,(H2,21,22,23);1H. The Hall–Kier alpha value is -0.770. The number of halogens is 2. The fraction of sp³-hybridized carbons (Fsp3) is 0.632. The second kappa shape index (κ2) is 10.7. The summed E-state index contributed by atoms with van der Waals surface area (Å²) >= 11 is 6.12. The maximum absolute atomic E-state index is 6.12. The van der Waals surface area contributed by atoms with E-state index in [1.807, 2.05) is 25.2 Å². The SMILES string of the molecule is CN=C(NCC1(OC)CCOCC1)NC1CCN(c2cccc(Cl)c2)C1.I. The van der Waals surface area contributed by atoms with Gasteiger partial charge in [0.1, 0.15) is 0 Å². The van der Waals surface area contributed by atoms with Crippen molar-refractivity contribution in [1.82, 2.24) is 10.6 Å². The number of hydrogen-bond acceptors (Lipinski definition) is 4. The van der Waals surface area contributed by atoms with E-state index in [0.29, 0.717) is 6.04 Å². The molecule has 2 heterocycles. The second-order valence-corrected chi connectivity index (χ2v) is 7.42. The van der Waals surface area contributed by atoms with E-state index in [1.54, 1.807) is 7.11 Å². The molecular weight excluding hydrogens is 479 g/mol. The molecular formula is C19H30ClIN4O2. The number of ether oxygens (including phenoxy) is 2. The van der Waals surface area contributed by atoms with Crippen LogP contribution in [0.15, 0.2) is 29.3 Å². The number of aliphatic imine (C=N–C) groups is 1. The van der Waals surface area contributed by atoms with Crippen LogP contribution in [0.3, 0.4) is 0 Å². The van der Waals surface area contributed by atoms with Crippen LogP contribution in [0.4, 0.5) is 5.69 Å². The average molecular weight is 509 g/mol. The summed E-state index contributed by atoms with van der Waals surface area (Å²) < 4.78 is 11.2. The highest BCUT2D eigenvalue weighted by Crippen LogP contribution is 2.24. The van der Waals surface area contributed by atoms with Crippen molar-refractivity contribution < 1.29 is 9.47 Å². The highest BCUT2D eigenvalue weighted by molar-refractivity contribution is 14.0. The Morgan fingerprint density at radius 3 is 2.85 bits per heavy atom. The molecule has 3 rings (SSSR count). The van der Waals surface area contributed by atoms with Crippen molar-refractivity contribution in [3.8, 4) is 0 Å². The van der Waals surface area contributed by atoms with Gasteiger partial charge in [0.25, 0.3) is 0 Å². The Morgan fingerprint density at radius 2 is 2.19 bits per heavy atom. The summed E-state index contributed by atoms with van der Waals surface area (Å²) in [6, 6.07) is 8.38. The van der Waals surface area contributed by atoms with Crippen molar-refractivity contribution >= 4 is 47.2 Å². The quantitative estimate of drug-likeness (QED) is 0.364. The van der Waals surface area contributed by atoms with Crippen molar-refractivity contribution in [2.24, 2.45) is 4.99 Å². The van der Waals surface area contributed by atoms with Crippen LogP contribution >= 0.6 is 35.6 Å². The molecule has 6 nitrogen and oxygen atoms in total. The van der Waals surface area contributed by atoms with Crippen LogP contribution in [0, 0.1) is 0 Å². The first kappa shape index (κ1) is 22.5. The average Bonchev–Trinajstić information content (AvgIpc) is 3.14. The molecule has 1 aromatic rings. The van der Waals surface area contributed by atoms with Gasteiger partial charge in [-0.25, -0.2) is 0 Å². The summed E-state index contributed by atoms with van der Waals surface area (Å²) in [5, 5.41) is 7.75. The first-order valence-electron chi connectivity index (χ1n) is 9.25. The lowest BCUT2D eigenvalue weighted by molar-refractivity contribution is -0.0855. The third kappa shape index (κ3) is 6.10. The van der Waals surface area contributed by atoms with Crippen molar-refractivity contribution in [2.75, 3.05) is 51.9 Å². The van der Waals surface area contributed by atoms with Crippen LogP contribution < -0.4 is 15.5 Å². The Kier molecular flexibility index (Phi) is 8.91. The summed E-state index contributed by atoms with van der Waals surface area (Å²) in [4.78, 5) is 6.73. The Labute approximate surface area is 184 Å². The highest BCUT2D eigenvalue weighted by atomic mass is 127. The minimum Gasteiger partial charge on any atom is -0.381 e. The molecule has 0 radical (unpaired) electrons. The fourth-order valence-electron chi connectivity index (χ4n) is 3.61. The molecule has 2 fully saturated rings. The van der Waals surface area contributed by atoms with E-state index in [1.165, 1.54) is 5.69 Å². The van der Waals surface area contributed by atoms with Gasteiger partial charge in [-0.15, -0.1) is 24.0 Å². The molecule has 0 aliphatic carbocycles. The normalized spacial score (nSPS) is 22.3. The summed E-state index contributed by atoms with van der Waals surface area (Å²) in [6.45, 7) is 4.17. The van der Waals surface area contributed by atoms with E-state index in [9.17, 15) is 0 Å². The topological polar surface area (TPSA) is 58.1 Å². The van der Waals surface area contributed by atoms with E-state index in [-0.39, 0.29) is 29.6 Å². The first-order chi connectivity index (χ1) is 12.6. The van der Waals surface area contributed by atoms with Gasteiger partial charge in [0.05, 0.1) is 5.60 Å². The number of guanidine groups is 1. The fourth-order valence-corrected chi connectivity index (χ4v) is 3.80. The van der Waals surface area contributed by atoms with Crippen LogP contribution in [-0.2, 0) is 9.47 Å². The van der Waals surface area contributed by atoms with Gasteiger partial charge in [-0.05, 0) is 24.6 Å². The number of methoxy groups -OCH3 is 1. The summed E-state index contributed by atoms with van der Waals surface area (Å²) in [5.74, 6) is 0.825. The predicted molar refractivity (Wildman–Crippen MR) is 122 cm³/mol. The molecule has 2 aliphatic heterocycles. The summed E-state index contributed by atoms with van der Waals surface area (Å²) in [5.41, 5.74) is 1.00. The smallest absolute Gasteiger partial charge is 0.191 e. The third-order valence-corrected chi connectivity index (χ3v) is 5.58. The lowest BCUT2D eigenvalue weighted by Crippen LogP contribution is -2.52. The minimum absolute atomic E-state index is 0. The van der Waals surface area contributed by atoms with Gasteiger partial charge in [-0.1, -0.05) is 17.7 Å². The van der Waals surface area contributed by atoms with Gasteiger partial charge >= 0.3 is 0 Å².